The number of carbonyl (C=O) groups is 1. The van der Waals surface area contributed by atoms with E-state index in [0.29, 0.717) is 5.02 Å². The molecule has 2 aromatic rings. The van der Waals surface area contributed by atoms with E-state index in [2.05, 4.69) is 0 Å². The van der Waals surface area contributed by atoms with Gasteiger partial charge in [0.2, 0.25) is 0 Å². The second-order valence-corrected chi connectivity index (χ2v) is 4.61. The molecule has 0 N–H and O–H groups in total. The number of nitro benzene ring substituents is 1. The SMILES string of the molecule is O=C(Oc1ccc(Cl)cc1Cl)c1ccc([N+](=O)[O-])cc1. The number of esters is 1. The number of nitro groups is 1. The summed E-state index contributed by atoms with van der Waals surface area (Å²) >= 11 is 11.6. The zero-order valence-corrected chi connectivity index (χ0v) is 11.4. The van der Waals surface area contributed by atoms with Crippen LogP contribution < -0.4 is 4.74 Å². The van der Waals surface area contributed by atoms with Gasteiger partial charge >= 0.3 is 5.97 Å². The van der Waals surface area contributed by atoms with Crippen LogP contribution in [0, 0.1) is 10.1 Å². The minimum atomic E-state index is -0.663. The molecule has 0 atom stereocenters. The van der Waals surface area contributed by atoms with Crippen molar-refractivity contribution in [2.24, 2.45) is 0 Å². The molecule has 0 aromatic heterocycles. The molecule has 0 heterocycles. The smallest absolute Gasteiger partial charge is 0.343 e. The maximum Gasteiger partial charge on any atom is 0.343 e. The van der Waals surface area contributed by atoms with Crippen LogP contribution in [0.4, 0.5) is 5.69 Å². The van der Waals surface area contributed by atoms with Gasteiger partial charge < -0.3 is 4.74 Å². The van der Waals surface area contributed by atoms with Crippen molar-refractivity contribution in [2.45, 2.75) is 0 Å². The lowest BCUT2D eigenvalue weighted by molar-refractivity contribution is -0.384. The van der Waals surface area contributed by atoms with Crippen LogP contribution in [0.25, 0.3) is 0 Å². The van der Waals surface area contributed by atoms with E-state index in [1.54, 1.807) is 0 Å². The first-order valence-corrected chi connectivity index (χ1v) is 6.14. The predicted molar refractivity (Wildman–Crippen MR) is 74.5 cm³/mol. The summed E-state index contributed by atoms with van der Waals surface area (Å²) in [5, 5.41) is 11.1. The first-order chi connectivity index (χ1) is 9.47. The van der Waals surface area contributed by atoms with Crippen LogP contribution in [0.2, 0.25) is 10.0 Å². The number of carbonyl (C=O) groups excluding carboxylic acids is 1. The number of nitrogens with zero attached hydrogens (tertiary/aromatic N) is 1. The van der Waals surface area contributed by atoms with Crippen molar-refractivity contribution in [1.82, 2.24) is 0 Å². The largest absolute Gasteiger partial charge is 0.421 e. The Morgan fingerprint density at radius 3 is 2.30 bits per heavy atom. The summed E-state index contributed by atoms with van der Waals surface area (Å²) in [5.41, 5.74) is 0.0766. The fourth-order valence-corrected chi connectivity index (χ4v) is 1.88. The number of non-ortho nitro benzene ring substituents is 1. The Kier molecular flexibility index (Phi) is 4.22. The second-order valence-electron chi connectivity index (χ2n) is 3.77. The molecular formula is C13H7Cl2NO4. The highest BCUT2D eigenvalue weighted by Crippen LogP contribution is 2.28. The summed E-state index contributed by atoms with van der Waals surface area (Å²) in [6.45, 7) is 0. The van der Waals surface area contributed by atoms with Gasteiger partial charge in [0.25, 0.3) is 5.69 Å². The Balaban J connectivity index is 2.17. The van der Waals surface area contributed by atoms with Crippen molar-refractivity contribution < 1.29 is 14.5 Å². The molecule has 0 fully saturated rings. The normalized spacial score (nSPS) is 10.1. The summed E-state index contributed by atoms with van der Waals surface area (Å²) in [6.07, 6.45) is 0. The Morgan fingerprint density at radius 1 is 1.10 bits per heavy atom. The molecule has 2 rings (SSSR count). The fourth-order valence-electron chi connectivity index (χ4n) is 1.44. The molecule has 0 aliphatic carbocycles. The highest BCUT2D eigenvalue weighted by molar-refractivity contribution is 6.35. The molecule has 0 bridgehead atoms. The quantitative estimate of drug-likeness (QED) is 0.370. The van der Waals surface area contributed by atoms with Crippen molar-refractivity contribution in [1.29, 1.82) is 0 Å². The van der Waals surface area contributed by atoms with E-state index < -0.39 is 10.9 Å². The number of halogens is 2. The van der Waals surface area contributed by atoms with Gasteiger partial charge in [0.15, 0.2) is 0 Å². The minimum absolute atomic E-state index is 0.105. The number of benzene rings is 2. The van der Waals surface area contributed by atoms with Gasteiger partial charge in [-0.3, -0.25) is 10.1 Å². The third-order valence-electron chi connectivity index (χ3n) is 2.41. The zero-order chi connectivity index (χ0) is 14.7. The Labute approximate surface area is 123 Å². The first-order valence-electron chi connectivity index (χ1n) is 5.39. The molecule has 0 aliphatic rings. The molecule has 7 heteroatoms. The number of ether oxygens (including phenoxy) is 1. The van der Waals surface area contributed by atoms with Crippen molar-refractivity contribution >= 4 is 34.9 Å². The average molecular weight is 312 g/mol. The van der Waals surface area contributed by atoms with Crippen LogP contribution >= 0.6 is 23.2 Å². The van der Waals surface area contributed by atoms with Crippen molar-refractivity contribution in [2.75, 3.05) is 0 Å². The van der Waals surface area contributed by atoms with Crippen molar-refractivity contribution in [3.63, 3.8) is 0 Å². The van der Waals surface area contributed by atoms with Gasteiger partial charge in [-0.2, -0.15) is 0 Å². The summed E-state index contributed by atoms with van der Waals surface area (Å²) in [4.78, 5) is 21.8. The highest BCUT2D eigenvalue weighted by atomic mass is 35.5. The fraction of sp³-hybridized carbons (Fsp3) is 0. The maximum absolute atomic E-state index is 11.8. The molecule has 0 aliphatic heterocycles. The molecule has 0 saturated carbocycles. The molecule has 5 nitrogen and oxygen atoms in total. The molecule has 0 saturated heterocycles. The Bertz CT molecular complexity index is 671. The van der Waals surface area contributed by atoms with E-state index >= 15 is 0 Å². The van der Waals surface area contributed by atoms with E-state index in [1.807, 2.05) is 0 Å². The van der Waals surface area contributed by atoms with Crippen LogP contribution in [0.5, 0.6) is 5.75 Å². The second kappa shape index (κ2) is 5.90. The number of rotatable bonds is 3. The van der Waals surface area contributed by atoms with Gasteiger partial charge in [0.05, 0.1) is 15.5 Å². The van der Waals surface area contributed by atoms with Crippen LogP contribution in [0.3, 0.4) is 0 Å². The average Bonchev–Trinajstić information content (AvgIpc) is 2.42. The van der Waals surface area contributed by atoms with E-state index in [-0.39, 0.29) is 22.0 Å². The lowest BCUT2D eigenvalue weighted by Crippen LogP contribution is -2.08. The molecule has 20 heavy (non-hydrogen) atoms. The number of hydrogen-bond acceptors (Lipinski definition) is 4. The van der Waals surface area contributed by atoms with Crippen LogP contribution in [-0.4, -0.2) is 10.9 Å². The summed E-state index contributed by atoms with van der Waals surface area (Å²) in [5.74, 6) is -0.497. The van der Waals surface area contributed by atoms with Gasteiger partial charge in [-0.25, -0.2) is 4.79 Å². The molecule has 2 aromatic carbocycles. The van der Waals surface area contributed by atoms with Crippen molar-refractivity contribution in [3.8, 4) is 5.75 Å². The molecule has 0 unspecified atom stereocenters. The topological polar surface area (TPSA) is 69.4 Å². The highest BCUT2D eigenvalue weighted by Gasteiger charge is 2.13. The van der Waals surface area contributed by atoms with Crippen LogP contribution in [-0.2, 0) is 0 Å². The van der Waals surface area contributed by atoms with E-state index in [4.69, 9.17) is 27.9 Å². The van der Waals surface area contributed by atoms with Crippen LogP contribution in [0.1, 0.15) is 10.4 Å². The van der Waals surface area contributed by atoms with Gasteiger partial charge in [-0.15, -0.1) is 0 Å². The summed E-state index contributed by atoms with van der Waals surface area (Å²) in [7, 11) is 0. The molecule has 102 valence electrons. The maximum atomic E-state index is 11.8. The molecule has 0 radical (unpaired) electrons. The Morgan fingerprint density at radius 2 is 1.75 bits per heavy atom. The zero-order valence-electron chi connectivity index (χ0n) is 9.88. The third kappa shape index (κ3) is 3.26. The van der Waals surface area contributed by atoms with E-state index in [1.165, 1.54) is 42.5 Å². The lowest BCUT2D eigenvalue weighted by atomic mass is 10.2. The third-order valence-corrected chi connectivity index (χ3v) is 2.94. The van der Waals surface area contributed by atoms with Gasteiger partial charge in [-0.05, 0) is 30.3 Å². The molecular weight excluding hydrogens is 305 g/mol. The predicted octanol–water partition coefficient (Wildman–Crippen LogP) is 4.12. The monoisotopic (exact) mass is 311 g/mol. The van der Waals surface area contributed by atoms with Gasteiger partial charge in [0, 0.05) is 17.2 Å². The molecule has 0 amide bonds. The van der Waals surface area contributed by atoms with E-state index in [9.17, 15) is 14.9 Å². The summed E-state index contributed by atoms with van der Waals surface area (Å²) in [6, 6.07) is 9.51. The molecule has 0 spiro atoms. The minimum Gasteiger partial charge on any atom is -0.421 e. The van der Waals surface area contributed by atoms with Crippen molar-refractivity contribution in [3.05, 3.63) is 68.2 Å². The van der Waals surface area contributed by atoms with Crippen LogP contribution in [0.15, 0.2) is 42.5 Å². The van der Waals surface area contributed by atoms with Gasteiger partial charge in [0.1, 0.15) is 5.75 Å². The first kappa shape index (κ1) is 14.3. The lowest BCUT2D eigenvalue weighted by Gasteiger charge is -2.06. The standard InChI is InChI=1S/C13H7Cl2NO4/c14-9-3-6-12(11(15)7-9)20-13(17)8-1-4-10(5-2-8)16(18)19/h1-7H. The Hall–Kier alpha value is -2.11. The van der Waals surface area contributed by atoms with Gasteiger partial charge in [-0.1, -0.05) is 23.2 Å². The number of hydrogen-bond donors (Lipinski definition) is 0. The summed E-state index contributed by atoms with van der Waals surface area (Å²) < 4.78 is 5.09. The van der Waals surface area contributed by atoms with E-state index in [0.717, 1.165) is 0 Å².